The van der Waals surface area contributed by atoms with Gasteiger partial charge >= 0.3 is 0 Å². The smallest absolute Gasteiger partial charge is 0.152 e. The molecule has 0 aromatic rings. The van der Waals surface area contributed by atoms with E-state index in [0.717, 1.165) is 19.3 Å². The third kappa shape index (κ3) is 6.01. The highest BCUT2D eigenvalue weighted by atomic mass is 16.5. The average Bonchev–Trinajstić information content (AvgIpc) is 1.82. The van der Waals surface area contributed by atoms with E-state index in [1.807, 2.05) is 0 Å². The minimum atomic E-state index is -1.24. The molecule has 0 heterocycles. The number of aliphatic hydroxyl groups excluding tert-OH is 1. The molecule has 4 N–H and O–H groups in total. The molecule has 0 amide bonds. The minimum absolute atomic E-state index is 0.0556. The van der Waals surface area contributed by atoms with E-state index < -0.39 is 6.29 Å². The topological polar surface area (TPSA) is 66.5 Å². The summed E-state index contributed by atoms with van der Waals surface area (Å²) in [5.74, 6) is 0. The van der Waals surface area contributed by atoms with Crippen LogP contribution in [0.25, 0.3) is 0 Å². The van der Waals surface area contributed by atoms with Gasteiger partial charge in [-0.1, -0.05) is 19.8 Å². The fraction of sp³-hybridized carbons (Fsp3) is 1.00. The molecular weight excluding hydrogens is 130 g/mol. The van der Waals surface area contributed by atoms with Crippen molar-refractivity contribution in [2.75, 3.05) is 0 Å². The van der Waals surface area contributed by atoms with Crippen LogP contribution in [-0.2, 0) is 0 Å². The molecule has 1 atom stereocenters. The molecule has 0 radical (unpaired) electrons. The van der Waals surface area contributed by atoms with E-state index in [0.29, 0.717) is 6.42 Å². The lowest BCUT2D eigenvalue weighted by Crippen LogP contribution is -2.25. The van der Waals surface area contributed by atoms with E-state index >= 15 is 0 Å². The zero-order chi connectivity index (χ0) is 7.98. The highest BCUT2D eigenvalue weighted by molar-refractivity contribution is 4.61. The van der Waals surface area contributed by atoms with E-state index in [-0.39, 0.29) is 6.04 Å². The zero-order valence-corrected chi connectivity index (χ0v) is 6.45. The van der Waals surface area contributed by atoms with Gasteiger partial charge in [0.2, 0.25) is 0 Å². The first kappa shape index (κ1) is 9.88. The lowest BCUT2D eigenvalue weighted by atomic mass is 10.1. The summed E-state index contributed by atoms with van der Waals surface area (Å²) < 4.78 is 0. The molecule has 3 nitrogen and oxygen atoms in total. The highest BCUT2D eigenvalue weighted by Crippen LogP contribution is 2.02. The molecule has 0 aromatic heterocycles. The van der Waals surface area contributed by atoms with Crippen LogP contribution in [0.2, 0.25) is 0 Å². The van der Waals surface area contributed by atoms with Crippen LogP contribution in [0.5, 0.6) is 0 Å². The minimum Gasteiger partial charge on any atom is -0.368 e. The van der Waals surface area contributed by atoms with Crippen LogP contribution in [0.15, 0.2) is 0 Å². The maximum absolute atomic E-state index is 8.50. The molecule has 62 valence electrons. The summed E-state index contributed by atoms with van der Waals surface area (Å²) >= 11 is 0. The molecule has 1 unspecified atom stereocenters. The van der Waals surface area contributed by atoms with E-state index in [4.69, 9.17) is 15.9 Å². The third-order valence-electron chi connectivity index (χ3n) is 1.44. The van der Waals surface area contributed by atoms with Gasteiger partial charge in [-0.05, 0) is 6.42 Å². The standard InChI is InChI=1S/C7H17NO2/c1-2-3-4-6(8)5-7(9)10/h6-7,9-10H,2-5,8H2,1H3. The second-order valence-corrected chi connectivity index (χ2v) is 2.62. The van der Waals surface area contributed by atoms with Crippen molar-refractivity contribution in [1.29, 1.82) is 0 Å². The van der Waals surface area contributed by atoms with E-state index in [2.05, 4.69) is 6.92 Å². The van der Waals surface area contributed by atoms with Gasteiger partial charge in [0.1, 0.15) is 0 Å². The van der Waals surface area contributed by atoms with Crippen LogP contribution < -0.4 is 5.73 Å². The monoisotopic (exact) mass is 147 g/mol. The second-order valence-electron chi connectivity index (χ2n) is 2.62. The van der Waals surface area contributed by atoms with E-state index in [9.17, 15) is 0 Å². The quantitative estimate of drug-likeness (QED) is 0.487. The first-order chi connectivity index (χ1) is 4.66. The Balaban J connectivity index is 3.16. The summed E-state index contributed by atoms with van der Waals surface area (Å²) in [6.45, 7) is 2.09. The van der Waals surface area contributed by atoms with Crippen LogP contribution >= 0.6 is 0 Å². The molecule has 0 rings (SSSR count). The summed E-state index contributed by atoms with van der Waals surface area (Å²) in [7, 11) is 0. The van der Waals surface area contributed by atoms with Crippen molar-refractivity contribution in [3.05, 3.63) is 0 Å². The Morgan fingerprint density at radius 3 is 2.40 bits per heavy atom. The third-order valence-corrected chi connectivity index (χ3v) is 1.44. The van der Waals surface area contributed by atoms with Gasteiger partial charge in [-0.15, -0.1) is 0 Å². The fourth-order valence-corrected chi connectivity index (χ4v) is 0.855. The normalized spacial score (nSPS) is 14.1. The van der Waals surface area contributed by atoms with Crippen molar-refractivity contribution >= 4 is 0 Å². The molecule has 10 heavy (non-hydrogen) atoms. The Kier molecular flexibility index (Phi) is 5.58. The summed E-state index contributed by atoms with van der Waals surface area (Å²) in [6, 6.07) is -0.0556. The SMILES string of the molecule is CCCCC(N)CC(O)O. The molecule has 0 bridgehead atoms. The maximum atomic E-state index is 8.50. The fourth-order valence-electron chi connectivity index (χ4n) is 0.855. The number of rotatable bonds is 5. The summed E-state index contributed by atoms with van der Waals surface area (Å²) in [5, 5.41) is 17.0. The lowest BCUT2D eigenvalue weighted by molar-refractivity contribution is -0.0497. The van der Waals surface area contributed by atoms with E-state index in [1.54, 1.807) is 0 Å². The summed E-state index contributed by atoms with van der Waals surface area (Å²) in [5.41, 5.74) is 5.54. The molecule has 0 saturated carbocycles. The number of aliphatic hydroxyl groups is 2. The maximum Gasteiger partial charge on any atom is 0.152 e. The highest BCUT2D eigenvalue weighted by Gasteiger charge is 2.05. The molecule has 0 saturated heterocycles. The van der Waals surface area contributed by atoms with Crippen molar-refractivity contribution in [1.82, 2.24) is 0 Å². The predicted octanol–water partition coefficient (Wildman–Crippen LogP) is 0.205. The molecule has 0 aliphatic carbocycles. The average molecular weight is 147 g/mol. The Labute approximate surface area is 61.9 Å². The van der Waals surface area contributed by atoms with Gasteiger partial charge in [0.25, 0.3) is 0 Å². The molecule has 3 heteroatoms. The molecule has 0 aliphatic rings. The lowest BCUT2D eigenvalue weighted by Gasteiger charge is -2.11. The van der Waals surface area contributed by atoms with Gasteiger partial charge in [0.15, 0.2) is 6.29 Å². The Bertz CT molecular complexity index is 76.0. The van der Waals surface area contributed by atoms with Gasteiger partial charge in [-0.2, -0.15) is 0 Å². The predicted molar refractivity (Wildman–Crippen MR) is 40.3 cm³/mol. The first-order valence-corrected chi connectivity index (χ1v) is 3.78. The van der Waals surface area contributed by atoms with Crippen LogP contribution in [0, 0.1) is 0 Å². The van der Waals surface area contributed by atoms with Crippen LogP contribution in [0.1, 0.15) is 32.6 Å². The Morgan fingerprint density at radius 1 is 1.40 bits per heavy atom. The van der Waals surface area contributed by atoms with Crippen LogP contribution in [-0.4, -0.2) is 22.5 Å². The van der Waals surface area contributed by atoms with Gasteiger partial charge in [0.05, 0.1) is 0 Å². The van der Waals surface area contributed by atoms with Crippen LogP contribution in [0.3, 0.4) is 0 Å². The Hall–Kier alpha value is -0.120. The number of unbranched alkanes of at least 4 members (excludes halogenated alkanes) is 1. The van der Waals surface area contributed by atoms with Gasteiger partial charge < -0.3 is 15.9 Å². The summed E-state index contributed by atoms with van der Waals surface area (Å²) in [6.07, 6.45) is 2.10. The zero-order valence-electron chi connectivity index (χ0n) is 6.45. The van der Waals surface area contributed by atoms with Crippen LogP contribution in [0.4, 0.5) is 0 Å². The first-order valence-electron chi connectivity index (χ1n) is 3.78. The number of hydrogen-bond donors (Lipinski definition) is 3. The van der Waals surface area contributed by atoms with Crippen molar-refractivity contribution in [3.63, 3.8) is 0 Å². The Morgan fingerprint density at radius 2 is 2.00 bits per heavy atom. The van der Waals surface area contributed by atoms with Crippen molar-refractivity contribution in [2.24, 2.45) is 5.73 Å². The van der Waals surface area contributed by atoms with Crippen molar-refractivity contribution in [3.8, 4) is 0 Å². The van der Waals surface area contributed by atoms with Gasteiger partial charge in [-0.25, -0.2) is 0 Å². The molecule has 0 fully saturated rings. The number of hydrogen-bond acceptors (Lipinski definition) is 3. The largest absolute Gasteiger partial charge is 0.368 e. The molecular formula is C7H17NO2. The summed E-state index contributed by atoms with van der Waals surface area (Å²) in [4.78, 5) is 0. The van der Waals surface area contributed by atoms with Crippen molar-refractivity contribution in [2.45, 2.75) is 44.9 Å². The van der Waals surface area contributed by atoms with Gasteiger partial charge in [0, 0.05) is 12.5 Å². The van der Waals surface area contributed by atoms with Gasteiger partial charge in [-0.3, -0.25) is 0 Å². The molecule has 0 aromatic carbocycles. The van der Waals surface area contributed by atoms with Crippen molar-refractivity contribution < 1.29 is 10.2 Å². The molecule has 0 aliphatic heterocycles. The molecule has 0 spiro atoms. The number of nitrogens with two attached hydrogens (primary N) is 1. The van der Waals surface area contributed by atoms with E-state index in [1.165, 1.54) is 0 Å². The second kappa shape index (κ2) is 5.65.